The number of hydrogen-bond acceptors (Lipinski definition) is 5. The summed E-state index contributed by atoms with van der Waals surface area (Å²) in [5, 5.41) is 2.21. The second kappa shape index (κ2) is 10.2. The molecule has 0 spiro atoms. The lowest BCUT2D eigenvalue weighted by Crippen LogP contribution is -2.36. The number of nitrogens with one attached hydrogen (secondary N) is 1. The number of rotatable bonds is 7. The first-order valence-corrected chi connectivity index (χ1v) is 11.2. The van der Waals surface area contributed by atoms with Crippen LogP contribution in [0.25, 0.3) is 6.08 Å². The van der Waals surface area contributed by atoms with Crippen LogP contribution >= 0.6 is 11.8 Å². The van der Waals surface area contributed by atoms with Crippen molar-refractivity contribution in [2.24, 2.45) is 0 Å². The maximum Gasteiger partial charge on any atom is 0.294 e. The molecule has 166 valence electrons. The molecule has 0 radical (unpaired) electrons. The van der Waals surface area contributed by atoms with Gasteiger partial charge in [0.2, 0.25) is 5.91 Å². The maximum absolute atomic E-state index is 12.7. The van der Waals surface area contributed by atoms with Gasteiger partial charge in [-0.15, -0.1) is 0 Å². The molecule has 4 rings (SSSR count). The molecule has 1 fully saturated rings. The first-order chi connectivity index (χ1) is 16.0. The van der Waals surface area contributed by atoms with Crippen molar-refractivity contribution in [1.29, 1.82) is 0 Å². The lowest BCUT2D eigenvalue weighted by atomic mass is 10.1. The van der Waals surface area contributed by atoms with E-state index in [1.807, 2.05) is 61.5 Å². The molecule has 0 aromatic heterocycles. The normalized spacial score (nSPS) is 14.6. The maximum atomic E-state index is 12.7. The van der Waals surface area contributed by atoms with Crippen molar-refractivity contribution in [3.63, 3.8) is 0 Å². The van der Waals surface area contributed by atoms with E-state index in [0.29, 0.717) is 18.0 Å². The van der Waals surface area contributed by atoms with Gasteiger partial charge in [-0.25, -0.2) is 0 Å². The number of thioether (sulfide) groups is 1. The first-order valence-electron chi connectivity index (χ1n) is 10.4. The van der Waals surface area contributed by atoms with E-state index in [-0.39, 0.29) is 11.4 Å². The van der Waals surface area contributed by atoms with Crippen molar-refractivity contribution in [2.45, 2.75) is 13.5 Å². The van der Waals surface area contributed by atoms with Gasteiger partial charge in [-0.2, -0.15) is 0 Å². The van der Waals surface area contributed by atoms with Crippen molar-refractivity contribution >= 4 is 40.6 Å². The molecule has 0 saturated carbocycles. The van der Waals surface area contributed by atoms with Crippen LogP contribution < -0.4 is 10.1 Å². The van der Waals surface area contributed by atoms with E-state index in [1.54, 1.807) is 30.3 Å². The summed E-state index contributed by atoms with van der Waals surface area (Å²) in [6.07, 6.45) is 1.64. The highest BCUT2D eigenvalue weighted by Gasteiger charge is 2.36. The number of ether oxygens (including phenoxy) is 1. The highest BCUT2D eigenvalue weighted by atomic mass is 32.2. The zero-order valence-corrected chi connectivity index (χ0v) is 18.8. The van der Waals surface area contributed by atoms with Crippen LogP contribution in [0.5, 0.6) is 5.75 Å². The minimum Gasteiger partial charge on any atom is -0.489 e. The van der Waals surface area contributed by atoms with Crippen LogP contribution in [0.2, 0.25) is 0 Å². The summed E-state index contributed by atoms with van der Waals surface area (Å²) < 4.78 is 5.86. The molecular weight excluding hydrogens is 436 g/mol. The molecule has 0 bridgehead atoms. The summed E-state index contributed by atoms with van der Waals surface area (Å²) in [6, 6.07) is 24.3. The van der Waals surface area contributed by atoms with E-state index in [1.165, 1.54) is 5.56 Å². The van der Waals surface area contributed by atoms with Gasteiger partial charge >= 0.3 is 0 Å². The Morgan fingerprint density at radius 3 is 2.52 bits per heavy atom. The number of para-hydroxylation sites is 1. The molecule has 33 heavy (non-hydrogen) atoms. The monoisotopic (exact) mass is 458 g/mol. The molecule has 0 unspecified atom stereocenters. The van der Waals surface area contributed by atoms with Gasteiger partial charge in [0.1, 0.15) is 18.9 Å². The lowest BCUT2D eigenvalue weighted by Gasteiger charge is -2.12. The van der Waals surface area contributed by atoms with Crippen LogP contribution in [0, 0.1) is 6.92 Å². The number of carbonyl (C=O) groups is 3. The highest BCUT2D eigenvalue weighted by molar-refractivity contribution is 8.18. The fraction of sp³-hybridized carbons (Fsp3) is 0.115. The van der Waals surface area contributed by atoms with Crippen LogP contribution in [-0.4, -0.2) is 28.5 Å². The standard InChI is InChI=1S/C26H22N2O4S/c1-18-10-12-19(13-11-18)17-32-22-9-5-6-20(14-22)15-23-25(30)28(26(31)33-23)16-24(29)27-21-7-3-2-4-8-21/h2-15H,16-17H2,1H3,(H,27,29)/b23-15-. The number of carbonyl (C=O) groups excluding carboxylic acids is 3. The molecule has 1 aliphatic rings. The fourth-order valence-corrected chi connectivity index (χ4v) is 4.04. The zero-order valence-electron chi connectivity index (χ0n) is 18.0. The number of nitrogens with zero attached hydrogens (tertiary/aromatic N) is 1. The highest BCUT2D eigenvalue weighted by Crippen LogP contribution is 2.32. The van der Waals surface area contributed by atoms with Crippen molar-refractivity contribution in [1.82, 2.24) is 4.90 Å². The van der Waals surface area contributed by atoms with Gasteiger partial charge in [-0.05, 0) is 60.2 Å². The Morgan fingerprint density at radius 1 is 1.00 bits per heavy atom. The van der Waals surface area contributed by atoms with Gasteiger partial charge in [0.05, 0.1) is 4.91 Å². The summed E-state index contributed by atoms with van der Waals surface area (Å²) in [6.45, 7) is 2.12. The molecule has 0 atom stereocenters. The third kappa shape index (κ3) is 5.90. The summed E-state index contributed by atoms with van der Waals surface area (Å²) in [4.78, 5) is 38.6. The van der Waals surface area contributed by atoms with Crippen molar-refractivity contribution in [3.05, 3.63) is 100 Å². The lowest BCUT2D eigenvalue weighted by molar-refractivity contribution is -0.127. The van der Waals surface area contributed by atoms with E-state index in [2.05, 4.69) is 5.32 Å². The molecule has 1 heterocycles. The molecule has 7 heteroatoms. The molecule has 3 amide bonds. The average molecular weight is 459 g/mol. The van der Waals surface area contributed by atoms with Gasteiger partial charge < -0.3 is 10.1 Å². The average Bonchev–Trinajstić information content (AvgIpc) is 3.07. The molecular formula is C26H22N2O4S. The fourth-order valence-electron chi connectivity index (χ4n) is 3.20. The number of hydrogen-bond donors (Lipinski definition) is 1. The number of aryl methyl sites for hydroxylation is 1. The second-order valence-electron chi connectivity index (χ2n) is 7.53. The predicted molar refractivity (Wildman–Crippen MR) is 130 cm³/mol. The largest absolute Gasteiger partial charge is 0.489 e. The molecule has 3 aromatic rings. The van der Waals surface area contributed by atoms with Gasteiger partial charge in [0.15, 0.2) is 0 Å². The summed E-state index contributed by atoms with van der Waals surface area (Å²) in [7, 11) is 0. The van der Waals surface area contributed by atoms with Gasteiger partial charge in [0, 0.05) is 5.69 Å². The van der Waals surface area contributed by atoms with E-state index in [0.717, 1.165) is 27.8 Å². The molecule has 6 nitrogen and oxygen atoms in total. The van der Waals surface area contributed by atoms with Gasteiger partial charge in [-0.3, -0.25) is 19.3 Å². The Balaban J connectivity index is 1.40. The molecule has 1 aliphatic heterocycles. The Bertz CT molecular complexity index is 1210. The topological polar surface area (TPSA) is 75.7 Å². The zero-order chi connectivity index (χ0) is 23.2. The van der Waals surface area contributed by atoms with Crippen LogP contribution in [0.1, 0.15) is 16.7 Å². The van der Waals surface area contributed by atoms with E-state index >= 15 is 0 Å². The van der Waals surface area contributed by atoms with E-state index in [9.17, 15) is 14.4 Å². The van der Waals surface area contributed by atoms with Gasteiger partial charge in [-0.1, -0.05) is 60.2 Å². The number of amides is 3. The number of imide groups is 1. The Hall–Kier alpha value is -3.84. The van der Waals surface area contributed by atoms with Crippen molar-refractivity contribution in [2.75, 3.05) is 11.9 Å². The Labute approximate surface area is 196 Å². The van der Waals surface area contributed by atoms with Crippen LogP contribution in [0.4, 0.5) is 10.5 Å². The molecule has 0 aliphatic carbocycles. The summed E-state index contributed by atoms with van der Waals surface area (Å²) in [5.74, 6) is -0.263. The van der Waals surface area contributed by atoms with Crippen LogP contribution in [0.15, 0.2) is 83.8 Å². The minimum atomic E-state index is -0.487. The van der Waals surface area contributed by atoms with Crippen LogP contribution in [-0.2, 0) is 16.2 Å². The quantitative estimate of drug-likeness (QED) is 0.490. The predicted octanol–water partition coefficient (Wildman–Crippen LogP) is 5.25. The minimum absolute atomic E-state index is 0.267. The molecule has 1 saturated heterocycles. The van der Waals surface area contributed by atoms with Crippen molar-refractivity contribution < 1.29 is 19.1 Å². The third-order valence-corrected chi connectivity index (χ3v) is 5.82. The first kappa shape index (κ1) is 22.4. The number of anilines is 1. The third-order valence-electron chi connectivity index (χ3n) is 4.91. The Morgan fingerprint density at radius 2 is 1.76 bits per heavy atom. The van der Waals surface area contributed by atoms with Crippen molar-refractivity contribution in [3.8, 4) is 5.75 Å². The summed E-state index contributed by atoms with van der Waals surface area (Å²) >= 11 is 0.820. The van der Waals surface area contributed by atoms with Crippen LogP contribution in [0.3, 0.4) is 0 Å². The SMILES string of the molecule is Cc1ccc(COc2cccc(/C=C3\SC(=O)N(CC(=O)Nc4ccccc4)C3=O)c2)cc1. The second-order valence-corrected chi connectivity index (χ2v) is 8.52. The summed E-state index contributed by atoms with van der Waals surface area (Å²) in [5.41, 5.74) is 3.58. The van der Waals surface area contributed by atoms with Gasteiger partial charge in [0.25, 0.3) is 11.1 Å². The Kier molecular flexibility index (Phi) is 6.90. The van der Waals surface area contributed by atoms with E-state index in [4.69, 9.17) is 4.74 Å². The van der Waals surface area contributed by atoms with E-state index < -0.39 is 17.1 Å². The molecule has 3 aromatic carbocycles. The number of benzene rings is 3. The molecule has 1 N–H and O–H groups in total. The smallest absolute Gasteiger partial charge is 0.294 e.